The predicted molar refractivity (Wildman–Crippen MR) is 154 cm³/mol. The lowest BCUT2D eigenvalue weighted by atomic mass is 9.88. The van der Waals surface area contributed by atoms with Gasteiger partial charge in [-0.3, -0.25) is 14.3 Å². The summed E-state index contributed by atoms with van der Waals surface area (Å²) >= 11 is 5.85. The standard InChI is InChI=1S/C30H31ClN6O2/c1-35(2)27-10-8-23(16-26(27)34-29(38)24-9-11-28(31)32-17-24)30(39)37-14-12-22(13-15-37)20-4-6-21(7-5-20)25-18-33-36(3)19-25/h4-11,16-19,22H,12-15H2,1-3H3,(H,34,38). The summed E-state index contributed by atoms with van der Waals surface area (Å²) in [6, 6.07) is 17.3. The minimum atomic E-state index is -0.317. The second-order valence-electron chi connectivity index (χ2n) is 10.0. The number of likely N-dealkylation sites (tertiary alicyclic amines) is 1. The van der Waals surface area contributed by atoms with E-state index in [0.29, 0.717) is 41.0 Å². The molecule has 2 aromatic heterocycles. The van der Waals surface area contributed by atoms with E-state index < -0.39 is 0 Å². The van der Waals surface area contributed by atoms with E-state index in [9.17, 15) is 9.59 Å². The van der Waals surface area contributed by atoms with Gasteiger partial charge in [0.15, 0.2) is 0 Å². The highest BCUT2D eigenvalue weighted by Gasteiger charge is 2.25. The van der Waals surface area contributed by atoms with Crippen LogP contribution >= 0.6 is 11.6 Å². The Hall–Kier alpha value is -4.17. The maximum absolute atomic E-state index is 13.4. The van der Waals surface area contributed by atoms with Gasteiger partial charge < -0.3 is 15.1 Å². The van der Waals surface area contributed by atoms with Crippen LogP contribution in [0.3, 0.4) is 0 Å². The second-order valence-corrected chi connectivity index (χ2v) is 10.4. The molecule has 1 fully saturated rings. The van der Waals surface area contributed by atoms with Crippen LogP contribution in [0.1, 0.15) is 45.0 Å². The van der Waals surface area contributed by atoms with Crippen molar-refractivity contribution in [2.24, 2.45) is 7.05 Å². The van der Waals surface area contributed by atoms with Gasteiger partial charge in [-0.05, 0) is 60.2 Å². The van der Waals surface area contributed by atoms with E-state index in [-0.39, 0.29) is 11.8 Å². The number of pyridine rings is 1. The molecule has 0 aliphatic carbocycles. The van der Waals surface area contributed by atoms with Crippen LogP contribution in [0.5, 0.6) is 0 Å². The van der Waals surface area contributed by atoms with Gasteiger partial charge in [0.1, 0.15) is 5.15 Å². The summed E-state index contributed by atoms with van der Waals surface area (Å²) < 4.78 is 1.80. The smallest absolute Gasteiger partial charge is 0.257 e. The lowest BCUT2D eigenvalue weighted by molar-refractivity contribution is 0.0712. The van der Waals surface area contributed by atoms with Crippen LogP contribution in [0.15, 0.2) is 73.2 Å². The highest BCUT2D eigenvalue weighted by molar-refractivity contribution is 6.29. The molecule has 0 saturated carbocycles. The molecule has 0 bridgehead atoms. The number of amides is 2. The topological polar surface area (TPSA) is 83.4 Å². The van der Waals surface area contributed by atoms with Crippen LogP contribution in [-0.2, 0) is 7.05 Å². The fourth-order valence-electron chi connectivity index (χ4n) is 4.98. The molecule has 1 N–H and O–H groups in total. The molecule has 2 aromatic carbocycles. The normalized spacial score (nSPS) is 13.8. The van der Waals surface area contributed by atoms with E-state index >= 15 is 0 Å². The minimum Gasteiger partial charge on any atom is -0.376 e. The molecule has 0 spiro atoms. The Morgan fingerprint density at radius 3 is 2.28 bits per heavy atom. The Balaban J connectivity index is 1.25. The molecule has 1 saturated heterocycles. The van der Waals surface area contributed by atoms with Crippen molar-refractivity contribution in [3.63, 3.8) is 0 Å². The van der Waals surface area contributed by atoms with Crippen LogP contribution in [0.2, 0.25) is 5.15 Å². The lowest BCUT2D eigenvalue weighted by Crippen LogP contribution is -2.38. The molecule has 2 amide bonds. The highest BCUT2D eigenvalue weighted by atomic mass is 35.5. The van der Waals surface area contributed by atoms with Crippen molar-refractivity contribution in [2.45, 2.75) is 18.8 Å². The van der Waals surface area contributed by atoms with Crippen molar-refractivity contribution < 1.29 is 9.59 Å². The molecule has 5 rings (SSSR count). The number of hydrogen-bond donors (Lipinski definition) is 1. The monoisotopic (exact) mass is 542 g/mol. The number of nitrogens with zero attached hydrogens (tertiary/aromatic N) is 5. The Labute approximate surface area is 233 Å². The van der Waals surface area contributed by atoms with Crippen LogP contribution in [0.4, 0.5) is 11.4 Å². The first-order chi connectivity index (χ1) is 18.8. The van der Waals surface area contributed by atoms with Crippen LogP contribution in [0, 0.1) is 0 Å². The molecule has 3 heterocycles. The van der Waals surface area contributed by atoms with Crippen LogP contribution in [0.25, 0.3) is 11.1 Å². The average Bonchev–Trinajstić information content (AvgIpc) is 3.39. The van der Waals surface area contributed by atoms with Crippen molar-refractivity contribution in [3.8, 4) is 11.1 Å². The molecule has 9 heteroatoms. The number of anilines is 2. The predicted octanol–water partition coefficient (Wildman–Crippen LogP) is 5.47. The number of aryl methyl sites for hydroxylation is 1. The summed E-state index contributed by atoms with van der Waals surface area (Å²) in [5.74, 6) is 0.0625. The Morgan fingerprint density at radius 2 is 1.67 bits per heavy atom. The van der Waals surface area contributed by atoms with Gasteiger partial charge in [-0.1, -0.05) is 35.9 Å². The van der Waals surface area contributed by atoms with E-state index in [1.807, 2.05) is 55.5 Å². The van der Waals surface area contributed by atoms with Gasteiger partial charge in [0.25, 0.3) is 11.8 Å². The largest absolute Gasteiger partial charge is 0.376 e. The molecule has 0 unspecified atom stereocenters. The summed E-state index contributed by atoms with van der Waals surface area (Å²) in [5.41, 5.74) is 5.85. The summed E-state index contributed by atoms with van der Waals surface area (Å²) in [5, 5.41) is 7.50. The first-order valence-corrected chi connectivity index (χ1v) is 13.3. The van der Waals surface area contributed by atoms with Gasteiger partial charge >= 0.3 is 0 Å². The van der Waals surface area contributed by atoms with Gasteiger partial charge in [0, 0.05) is 57.8 Å². The van der Waals surface area contributed by atoms with Gasteiger partial charge in [0.05, 0.1) is 23.1 Å². The van der Waals surface area contributed by atoms with Gasteiger partial charge in [-0.15, -0.1) is 0 Å². The molecule has 1 aliphatic heterocycles. The molecule has 8 nitrogen and oxygen atoms in total. The quantitative estimate of drug-likeness (QED) is 0.326. The molecular formula is C30H31ClN6O2. The van der Waals surface area contributed by atoms with Gasteiger partial charge in [-0.25, -0.2) is 4.98 Å². The Kier molecular flexibility index (Phi) is 7.65. The highest BCUT2D eigenvalue weighted by Crippen LogP contribution is 2.32. The SMILES string of the molecule is CN(C)c1ccc(C(=O)N2CCC(c3ccc(-c4cnn(C)c4)cc3)CC2)cc1NC(=O)c1ccc(Cl)nc1. The van der Waals surface area contributed by atoms with Crippen molar-refractivity contribution in [1.82, 2.24) is 19.7 Å². The van der Waals surface area contributed by atoms with Gasteiger partial charge in [-0.2, -0.15) is 5.10 Å². The van der Waals surface area contributed by atoms with Crippen molar-refractivity contribution >= 4 is 34.8 Å². The summed E-state index contributed by atoms with van der Waals surface area (Å²) in [7, 11) is 5.70. The van der Waals surface area contributed by atoms with Crippen LogP contribution in [-0.4, -0.2) is 58.7 Å². The van der Waals surface area contributed by atoms with E-state index in [2.05, 4.69) is 39.7 Å². The number of carbonyl (C=O) groups excluding carboxylic acids is 2. The van der Waals surface area contributed by atoms with E-state index in [0.717, 1.165) is 29.7 Å². The number of carbonyl (C=O) groups is 2. The Morgan fingerprint density at radius 1 is 0.949 bits per heavy atom. The third-order valence-corrected chi connectivity index (χ3v) is 7.39. The summed E-state index contributed by atoms with van der Waals surface area (Å²) in [6.07, 6.45) is 7.12. The number of hydrogen-bond acceptors (Lipinski definition) is 5. The minimum absolute atomic E-state index is 0.0330. The molecular weight excluding hydrogens is 512 g/mol. The maximum Gasteiger partial charge on any atom is 0.257 e. The zero-order valence-electron chi connectivity index (χ0n) is 22.3. The fraction of sp³-hybridized carbons (Fsp3) is 0.267. The molecule has 0 atom stereocenters. The van der Waals surface area contributed by atoms with E-state index in [4.69, 9.17) is 11.6 Å². The first-order valence-electron chi connectivity index (χ1n) is 12.9. The molecule has 39 heavy (non-hydrogen) atoms. The van der Waals surface area contributed by atoms with Crippen molar-refractivity contribution in [3.05, 3.63) is 95.0 Å². The summed E-state index contributed by atoms with van der Waals surface area (Å²) in [6.45, 7) is 1.36. The first kappa shape index (κ1) is 26.4. The number of piperidine rings is 1. The molecule has 200 valence electrons. The lowest BCUT2D eigenvalue weighted by Gasteiger charge is -2.32. The van der Waals surface area contributed by atoms with Crippen molar-refractivity contribution in [2.75, 3.05) is 37.4 Å². The molecule has 0 radical (unpaired) electrons. The fourth-order valence-corrected chi connectivity index (χ4v) is 5.09. The second kappa shape index (κ2) is 11.3. The Bertz CT molecular complexity index is 1470. The number of aromatic nitrogens is 3. The third-order valence-electron chi connectivity index (χ3n) is 7.17. The average molecular weight is 543 g/mol. The van der Waals surface area contributed by atoms with Gasteiger partial charge in [0.2, 0.25) is 0 Å². The molecule has 1 aliphatic rings. The number of nitrogens with one attached hydrogen (secondary N) is 1. The zero-order chi connectivity index (χ0) is 27.5. The third kappa shape index (κ3) is 5.96. The molecule has 4 aromatic rings. The van der Waals surface area contributed by atoms with Crippen LogP contribution < -0.4 is 10.2 Å². The number of halogens is 1. The number of benzene rings is 2. The zero-order valence-corrected chi connectivity index (χ0v) is 23.0. The van der Waals surface area contributed by atoms with Crippen molar-refractivity contribution in [1.29, 1.82) is 0 Å². The van der Waals surface area contributed by atoms with E-state index in [1.54, 1.807) is 22.9 Å². The summed E-state index contributed by atoms with van der Waals surface area (Å²) in [4.78, 5) is 34.1. The maximum atomic E-state index is 13.4. The number of rotatable bonds is 6. The van der Waals surface area contributed by atoms with E-state index in [1.165, 1.54) is 11.8 Å².